The normalized spacial score (nSPS) is 22.0. The number of nitrogens with zero attached hydrogens (tertiary/aromatic N) is 1. The van der Waals surface area contributed by atoms with Gasteiger partial charge in [-0.3, -0.25) is 14.5 Å². The molecule has 2 atom stereocenters. The van der Waals surface area contributed by atoms with Gasteiger partial charge in [-0.2, -0.15) is 0 Å². The second-order valence-electron chi connectivity index (χ2n) is 5.19. The van der Waals surface area contributed by atoms with Gasteiger partial charge in [-0.05, 0) is 12.5 Å². The molecule has 0 spiro atoms. The summed E-state index contributed by atoms with van der Waals surface area (Å²) in [6.07, 6.45) is -0.426. The van der Waals surface area contributed by atoms with E-state index < -0.39 is 12.0 Å². The van der Waals surface area contributed by atoms with Gasteiger partial charge in [0, 0.05) is 26.6 Å². The van der Waals surface area contributed by atoms with Gasteiger partial charge in [-0.25, -0.2) is 0 Å². The highest BCUT2D eigenvalue weighted by Gasteiger charge is 2.40. The lowest BCUT2D eigenvalue weighted by molar-refractivity contribution is -0.157. The topological polar surface area (TPSA) is 55.8 Å². The molecule has 1 aliphatic heterocycles. The Morgan fingerprint density at radius 1 is 1.24 bits per heavy atom. The van der Waals surface area contributed by atoms with Crippen LogP contribution in [0, 0.1) is 5.92 Å². The fourth-order valence-corrected chi connectivity index (χ4v) is 2.63. The minimum atomic E-state index is -0.426. The van der Waals surface area contributed by atoms with Gasteiger partial charge in [0.25, 0.3) is 0 Å². The van der Waals surface area contributed by atoms with Crippen molar-refractivity contribution in [2.45, 2.75) is 26.5 Å². The highest BCUT2D eigenvalue weighted by atomic mass is 16.6. The Bertz CT molecular complexity index is 488. The molecule has 1 saturated heterocycles. The molecule has 21 heavy (non-hydrogen) atoms. The fourth-order valence-electron chi connectivity index (χ4n) is 2.63. The monoisotopic (exact) mass is 291 g/mol. The molecule has 1 aromatic carbocycles. The molecule has 0 saturated carbocycles. The summed E-state index contributed by atoms with van der Waals surface area (Å²) < 4.78 is 10.4. The van der Waals surface area contributed by atoms with E-state index in [9.17, 15) is 9.59 Å². The standard InChI is InChI=1S/C16H21NO4/c1-3-20-16(19)14-10-17(11-15(14)21-12(2)18)9-13-7-5-4-6-8-13/h4-8,14-15H,3,9-11H2,1-2H3/t14-,15-/m0/s1. The molecule has 5 heteroatoms. The van der Waals surface area contributed by atoms with Gasteiger partial charge in [0.05, 0.1) is 6.61 Å². The van der Waals surface area contributed by atoms with Crippen molar-refractivity contribution >= 4 is 11.9 Å². The molecule has 5 nitrogen and oxygen atoms in total. The van der Waals surface area contributed by atoms with Crippen LogP contribution in [0.1, 0.15) is 19.4 Å². The van der Waals surface area contributed by atoms with Crippen LogP contribution >= 0.6 is 0 Å². The van der Waals surface area contributed by atoms with Crippen LogP contribution in [0.5, 0.6) is 0 Å². The lowest BCUT2D eigenvalue weighted by atomic mass is 10.1. The van der Waals surface area contributed by atoms with Crippen LogP contribution in [0.4, 0.5) is 0 Å². The first-order valence-electron chi connectivity index (χ1n) is 7.20. The third-order valence-corrected chi connectivity index (χ3v) is 3.50. The number of likely N-dealkylation sites (tertiary alicyclic amines) is 1. The van der Waals surface area contributed by atoms with E-state index in [4.69, 9.17) is 9.47 Å². The average molecular weight is 291 g/mol. The van der Waals surface area contributed by atoms with Gasteiger partial charge in [0.15, 0.2) is 0 Å². The smallest absolute Gasteiger partial charge is 0.314 e. The predicted molar refractivity (Wildman–Crippen MR) is 77.4 cm³/mol. The summed E-state index contributed by atoms with van der Waals surface area (Å²) in [5.74, 6) is -1.06. The van der Waals surface area contributed by atoms with Crippen LogP contribution in [0.15, 0.2) is 30.3 Å². The molecule has 1 fully saturated rings. The molecule has 2 rings (SSSR count). The molecule has 0 aliphatic carbocycles. The van der Waals surface area contributed by atoms with Gasteiger partial charge in [-0.1, -0.05) is 30.3 Å². The number of hydrogen-bond acceptors (Lipinski definition) is 5. The number of esters is 2. The highest BCUT2D eigenvalue weighted by Crippen LogP contribution is 2.23. The summed E-state index contributed by atoms with van der Waals surface area (Å²) in [4.78, 5) is 25.3. The summed E-state index contributed by atoms with van der Waals surface area (Å²) in [5, 5.41) is 0. The number of rotatable bonds is 5. The van der Waals surface area contributed by atoms with E-state index in [1.807, 2.05) is 30.3 Å². The van der Waals surface area contributed by atoms with Crippen molar-refractivity contribution in [1.82, 2.24) is 4.90 Å². The SMILES string of the molecule is CCOC(=O)[C@H]1CN(Cc2ccccc2)C[C@@H]1OC(C)=O. The second kappa shape index (κ2) is 7.22. The number of benzene rings is 1. The van der Waals surface area contributed by atoms with Crippen LogP contribution < -0.4 is 0 Å². The van der Waals surface area contributed by atoms with Crippen LogP contribution in [-0.2, 0) is 25.6 Å². The van der Waals surface area contributed by atoms with Crippen molar-refractivity contribution in [2.75, 3.05) is 19.7 Å². The molecule has 1 aromatic rings. The van der Waals surface area contributed by atoms with Crippen LogP contribution in [0.25, 0.3) is 0 Å². The predicted octanol–water partition coefficient (Wildman–Crippen LogP) is 1.61. The summed E-state index contributed by atoms with van der Waals surface area (Å²) in [7, 11) is 0. The lowest BCUT2D eigenvalue weighted by Crippen LogP contribution is -2.32. The summed E-state index contributed by atoms with van der Waals surface area (Å²) in [5.41, 5.74) is 1.17. The Morgan fingerprint density at radius 2 is 1.95 bits per heavy atom. The van der Waals surface area contributed by atoms with Crippen LogP contribution in [0.2, 0.25) is 0 Å². The molecule has 0 radical (unpaired) electrons. The molecular formula is C16H21NO4. The number of hydrogen-bond donors (Lipinski definition) is 0. The molecular weight excluding hydrogens is 270 g/mol. The zero-order valence-corrected chi connectivity index (χ0v) is 12.5. The second-order valence-corrected chi connectivity index (χ2v) is 5.19. The van der Waals surface area contributed by atoms with E-state index in [0.717, 1.165) is 6.54 Å². The third kappa shape index (κ3) is 4.29. The lowest BCUT2D eigenvalue weighted by Gasteiger charge is -2.16. The van der Waals surface area contributed by atoms with Crippen LogP contribution in [0.3, 0.4) is 0 Å². The Balaban J connectivity index is 2.02. The maximum Gasteiger partial charge on any atom is 0.314 e. The van der Waals surface area contributed by atoms with Crippen molar-refractivity contribution in [3.05, 3.63) is 35.9 Å². The largest absolute Gasteiger partial charge is 0.466 e. The summed E-state index contributed by atoms with van der Waals surface area (Å²) in [6, 6.07) is 10.0. The van der Waals surface area contributed by atoms with E-state index in [-0.39, 0.29) is 11.9 Å². The van der Waals surface area contributed by atoms with Crippen LogP contribution in [-0.4, -0.2) is 42.6 Å². The average Bonchev–Trinajstić information content (AvgIpc) is 2.82. The number of ether oxygens (including phenoxy) is 2. The first kappa shape index (κ1) is 15.5. The number of carbonyl (C=O) groups excluding carboxylic acids is 2. The van der Waals surface area contributed by atoms with Gasteiger partial charge in [0.2, 0.25) is 0 Å². The highest BCUT2D eigenvalue weighted by molar-refractivity contribution is 5.75. The van der Waals surface area contributed by atoms with E-state index in [0.29, 0.717) is 19.7 Å². The van der Waals surface area contributed by atoms with E-state index in [2.05, 4.69) is 4.90 Å². The summed E-state index contributed by atoms with van der Waals surface area (Å²) >= 11 is 0. The quantitative estimate of drug-likeness (QED) is 0.772. The number of carbonyl (C=O) groups is 2. The van der Waals surface area contributed by atoms with E-state index in [1.54, 1.807) is 6.92 Å². The molecule has 114 valence electrons. The first-order chi connectivity index (χ1) is 10.1. The fraction of sp³-hybridized carbons (Fsp3) is 0.500. The minimum Gasteiger partial charge on any atom is -0.466 e. The molecule has 1 aliphatic rings. The first-order valence-corrected chi connectivity index (χ1v) is 7.20. The maximum absolute atomic E-state index is 12.0. The van der Waals surface area contributed by atoms with Crippen molar-refractivity contribution in [3.8, 4) is 0 Å². The van der Waals surface area contributed by atoms with Crippen molar-refractivity contribution in [2.24, 2.45) is 5.92 Å². The summed E-state index contributed by atoms with van der Waals surface area (Å²) in [6.45, 7) is 5.30. The van der Waals surface area contributed by atoms with Crippen molar-refractivity contribution in [1.29, 1.82) is 0 Å². The van der Waals surface area contributed by atoms with E-state index in [1.165, 1.54) is 12.5 Å². The Hall–Kier alpha value is -1.88. The van der Waals surface area contributed by atoms with Gasteiger partial charge in [-0.15, -0.1) is 0 Å². The molecule has 0 aromatic heterocycles. The van der Waals surface area contributed by atoms with Gasteiger partial charge in [0.1, 0.15) is 12.0 Å². The molecule has 0 N–H and O–H groups in total. The minimum absolute atomic E-state index is 0.292. The zero-order chi connectivity index (χ0) is 15.2. The Kier molecular flexibility index (Phi) is 5.33. The molecule has 0 amide bonds. The molecule has 0 unspecified atom stereocenters. The molecule has 0 bridgehead atoms. The van der Waals surface area contributed by atoms with Crippen molar-refractivity contribution in [3.63, 3.8) is 0 Å². The third-order valence-electron chi connectivity index (χ3n) is 3.50. The van der Waals surface area contributed by atoms with Gasteiger partial charge >= 0.3 is 11.9 Å². The van der Waals surface area contributed by atoms with Gasteiger partial charge < -0.3 is 9.47 Å². The van der Waals surface area contributed by atoms with E-state index >= 15 is 0 Å². The Morgan fingerprint density at radius 3 is 2.57 bits per heavy atom. The molecule has 1 heterocycles. The Labute approximate surface area is 124 Å². The zero-order valence-electron chi connectivity index (χ0n) is 12.5. The van der Waals surface area contributed by atoms with Crippen molar-refractivity contribution < 1.29 is 19.1 Å². The maximum atomic E-state index is 12.0.